The predicted octanol–water partition coefficient (Wildman–Crippen LogP) is 2.19. The van der Waals surface area contributed by atoms with Crippen molar-refractivity contribution >= 4 is 11.9 Å². The minimum atomic E-state index is -0.865. The van der Waals surface area contributed by atoms with Gasteiger partial charge in [-0.15, -0.1) is 0 Å². The zero-order valence-electron chi connectivity index (χ0n) is 12.1. The van der Waals surface area contributed by atoms with Crippen molar-refractivity contribution in [1.82, 2.24) is 0 Å². The molecular formula is C16H18O5. The van der Waals surface area contributed by atoms with Gasteiger partial charge in [-0.1, -0.05) is 26.0 Å². The van der Waals surface area contributed by atoms with Crippen LogP contribution in [0.15, 0.2) is 24.3 Å². The number of epoxide rings is 1. The molecule has 0 saturated carbocycles. The van der Waals surface area contributed by atoms with Gasteiger partial charge in [0.1, 0.15) is 5.75 Å². The molecule has 2 heterocycles. The number of carbonyl (C=O) groups excluding carboxylic acids is 2. The van der Waals surface area contributed by atoms with Crippen molar-refractivity contribution in [3.8, 4) is 5.75 Å². The first-order chi connectivity index (χ1) is 10.1. The topological polar surface area (TPSA) is 65.1 Å². The van der Waals surface area contributed by atoms with Crippen LogP contribution in [0.4, 0.5) is 0 Å². The summed E-state index contributed by atoms with van der Waals surface area (Å²) in [5, 5.41) is 0. The van der Waals surface area contributed by atoms with Crippen LogP contribution in [-0.2, 0) is 19.1 Å². The molecule has 0 aromatic heterocycles. The van der Waals surface area contributed by atoms with Crippen molar-refractivity contribution in [3.63, 3.8) is 0 Å². The summed E-state index contributed by atoms with van der Waals surface area (Å²) in [6.07, 6.45) is -0.0872. The molecule has 0 spiro atoms. The zero-order valence-corrected chi connectivity index (χ0v) is 12.1. The van der Waals surface area contributed by atoms with Crippen molar-refractivity contribution in [2.24, 2.45) is 0 Å². The molecule has 0 N–H and O–H groups in total. The molecule has 5 nitrogen and oxygen atoms in total. The second-order valence-electron chi connectivity index (χ2n) is 5.56. The van der Waals surface area contributed by atoms with E-state index in [0.29, 0.717) is 18.1 Å². The second-order valence-corrected chi connectivity index (χ2v) is 5.56. The highest BCUT2D eigenvalue weighted by Crippen LogP contribution is 2.34. The van der Waals surface area contributed by atoms with E-state index < -0.39 is 24.1 Å². The Kier molecular flexibility index (Phi) is 3.68. The first-order valence-corrected chi connectivity index (χ1v) is 7.26. The van der Waals surface area contributed by atoms with E-state index in [-0.39, 0.29) is 6.10 Å². The number of carbonyl (C=O) groups is 2. The highest BCUT2D eigenvalue weighted by atomic mass is 16.7. The summed E-state index contributed by atoms with van der Waals surface area (Å²) in [6, 6.07) is 7.42. The van der Waals surface area contributed by atoms with Crippen LogP contribution in [0.5, 0.6) is 5.75 Å². The van der Waals surface area contributed by atoms with Gasteiger partial charge in [-0.25, -0.2) is 9.59 Å². The summed E-state index contributed by atoms with van der Waals surface area (Å²) < 4.78 is 15.4. The molecule has 2 aliphatic rings. The fourth-order valence-electron chi connectivity index (χ4n) is 2.42. The Balaban J connectivity index is 1.60. The van der Waals surface area contributed by atoms with Gasteiger partial charge in [0.25, 0.3) is 0 Å². The molecule has 0 radical (unpaired) electrons. The molecule has 112 valence electrons. The van der Waals surface area contributed by atoms with Gasteiger partial charge in [-0.3, -0.25) is 0 Å². The van der Waals surface area contributed by atoms with Crippen molar-refractivity contribution < 1.29 is 23.8 Å². The highest BCUT2D eigenvalue weighted by molar-refractivity contribution is 5.86. The molecular weight excluding hydrogens is 272 g/mol. The number of hydrogen-bond donors (Lipinski definition) is 0. The van der Waals surface area contributed by atoms with Crippen molar-refractivity contribution in [3.05, 3.63) is 29.8 Å². The summed E-state index contributed by atoms with van der Waals surface area (Å²) in [4.78, 5) is 23.4. The fraction of sp³-hybridized carbons (Fsp3) is 0.500. The van der Waals surface area contributed by atoms with Crippen LogP contribution in [0.1, 0.15) is 38.2 Å². The van der Waals surface area contributed by atoms with Gasteiger partial charge in [0.15, 0.2) is 6.10 Å². The molecule has 2 fully saturated rings. The lowest BCUT2D eigenvalue weighted by Gasteiger charge is -2.18. The molecule has 1 aromatic carbocycles. The average molecular weight is 290 g/mol. The third-order valence-electron chi connectivity index (χ3n) is 4.06. The lowest BCUT2D eigenvalue weighted by atomic mass is 9.99. The van der Waals surface area contributed by atoms with E-state index in [2.05, 4.69) is 13.8 Å². The molecule has 3 rings (SSSR count). The maximum atomic E-state index is 12.0. The van der Waals surface area contributed by atoms with Crippen molar-refractivity contribution in [2.75, 3.05) is 0 Å². The lowest BCUT2D eigenvalue weighted by molar-refractivity contribution is -0.165. The Labute approximate surface area is 123 Å². The fourth-order valence-corrected chi connectivity index (χ4v) is 2.42. The highest BCUT2D eigenvalue weighted by Gasteiger charge is 2.54. The SMILES string of the molecule is CCC(C)c1ccc(OC(=O)C2CC3OC3C(=O)O2)cc1. The first-order valence-electron chi connectivity index (χ1n) is 7.26. The lowest BCUT2D eigenvalue weighted by Crippen LogP contribution is -2.38. The predicted molar refractivity (Wildman–Crippen MR) is 73.9 cm³/mol. The second kappa shape index (κ2) is 5.48. The van der Waals surface area contributed by atoms with Gasteiger partial charge in [0.05, 0.1) is 6.10 Å². The minimum absolute atomic E-state index is 0.184. The van der Waals surface area contributed by atoms with Crippen LogP contribution >= 0.6 is 0 Å². The number of ether oxygens (including phenoxy) is 3. The normalized spacial score (nSPS) is 28.3. The van der Waals surface area contributed by atoms with Gasteiger partial charge in [0.2, 0.25) is 6.10 Å². The summed E-state index contributed by atoms with van der Waals surface area (Å²) >= 11 is 0. The van der Waals surface area contributed by atoms with Crippen LogP contribution < -0.4 is 4.74 Å². The van der Waals surface area contributed by atoms with E-state index in [1.165, 1.54) is 5.56 Å². The smallest absolute Gasteiger partial charge is 0.352 e. The summed E-state index contributed by atoms with van der Waals surface area (Å²) in [6.45, 7) is 4.28. The summed E-state index contributed by atoms with van der Waals surface area (Å²) in [5.74, 6) is -0.0890. The van der Waals surface area contributed by atoms with Crippen LogP contribution in [0.2, 0.25) is 0 Å². The van der Waals surface area contributed by atoms with Crippen LogP contribution in [0.25, 0.3) is 0 Å². The van der Waals surface area contributed by atoms with Gasteiger partial charge in [0, 0.05) is 6.42 Å². The standard InChI is InChI=1S/C16H18O5/c1-3-9(2)10-4-6-11(7-5-10)19-15(17)13-8-12-14(20-12)16(18)21-13/h4-7,9,12-14H,3,8H2,1-2H3. The molecule has 5 heteroatoms. The Morgan fingerprint density at radius 1 is 1.38 bits per heavy atom. The third kappa shape index (κ3) is 2.93. The molecule has 0 amide bonds. The van der Waals surface area contributed by atoms with Gasteiger partial charge >= 0.3 is 11.9 Å². The minimum Gasteiger partial charge on any atom is -0.448 e. The van der Waals surface area contributed by atoms with Crippen LogP contribution in [0, 0.1) is 0 Å². The van der Waals surface area contributed by atoms with E-state index in [9.17, 15) is 9.59 Å². The zero-order chi connectivity index (χ0) is 15.0. The molecule has 1 aromatic rings. The molecule has 0 bridgehead atoms. The van der Waals surface area contributed by atoms with Crippen LogP contribution in [-0.4, -0.2) is 30.3 Å². The van der Waals surface area contributed by atoms with E-state index in [4.69, 9.17) is 14.2 Å². The number of cyclic esters (lactones) is 1. The summed E-state index contributed by atoms with van der Waals surface area (Å²) in [7, 11) is 0. The Morgan fingerprint density at radius 2 is 2.10 bits per heavy atom. The number of benzene rings is 1. The van der Waals surface area contributed by atoms with Crippen LogP contribution in [0.3, 0.4) is 0 Å². The molecule has 21 heavy (non-hydrogen) atoms. The van der Waals surface area contributed by atoms with E-state index in [1.807, 2.05) is 12.1 Å². The van der Waals surface area contributed by atoms with Gasteiger partial charge < -0.3 is 14.2 Å². The van der Waals surface area contributed by atoms with E-state index >= 15 is 0 Å². The quantitative estimate of drug-likeness (QED) is 0.483. The number of esters is 2. The first kappa shape index (κ1) is 14.1. The molecule has 2 saturated heterocycles. The largest absolute Gasteiger partial charge is 0.448 e. The Bertz CT molecular complexity index is 550. The maximum Gasteiger partial charge on any atom is 0.352 e. The third-order valence-corrected chi connectivity index (χ3v) is 4.06. The molecule has 2 aliphatic heterocycles. The van der Waals surface area contributed by atoms with E-state index in [1.54, 1.807) is 12.1 Å². The number of rotatable bonds is 4. The Hall–Kier alpha value is -1.88. The van der Waals surface area contributed by atoms with Gasteiger partial charge in [-0.05, 0) is 30.0 Å². The van der Waals surface area contributed by atoms with E-state index in [0.717, 1.165) is 6.42 Å². The molecule has 4 unspecified atom stereocenters. The van der Waals surface area contributed by atoms with Gasteiger partial charge in [-0.2, -0.15) is 0 Å². The van der Waals surface area contributed by atoms with Crippen molar-refractivity contribution in [1.29, 1.82) is 0 Å². The van der Waals surface area contributed by atoms with Crippen molar-refractivity contribution in [2.45, 2.75) is 50.9 Å². The Morgan fingerprint density at radius 3 is 2.71 bits per heavy atom. The maximum absolute atomic E-state index is 12.0. The summed E-state index contributed by atoms with van der Waals surface area (Å²) in [5.41, 5.74) is 1.20. The molecule has 0 aliphatic carbocycles. The average Bonchev–Trinajstić information content (AvgIpc) is 3.27. The molecule has 4 atom stereocenters. The number of hydrogen-bond acceptors (Lipinski definition) is 5. The number of fused-ring (bicyclic) bond motifs is 1. The monoisotopic (exact) mass is 290 g/mol.